The van der Waals surface area contributed by atoms with Gasteiger partial charge in [-0.15, -0.1) is 0 Å². The predicted octanol–water partition coefficient (Wildman–Crippen LogP) is 3.84. The SMILES string of the molecule is O=C(Nc1ccccc1Cl)c1cccn2c(I)cnc12. The summed E-state index contributed by atoms with van der Waals surface area (Å²) in [5, 5.41) is 3.31. The first kappa shape index (κ1) is 13.4. The average molecular weight is 398 g/mol. The molecule has 0 aliphatic carbocycles. The van der Waals surface area contributed by atoms with E-state index in [-0.39, 0.29) is 5.91 Å². The van der Waals surface area contributed by atoms with Gasteiger partial charge in [0.2, 0.25) is 0 Å². The number of imidazole rings is 1. The van der Waals surface area contributed by atoms with Crippen LogP contribution in [0.3, 0.4) is 0 Å². The number of para-hydroxylation sites is 1. The highest BCUT2D eigenvalue weighted by atomic mass is 127. The number of benzene rings is 1. The number of pyridine rings is 1. The molecule has 2 aromatic heterocycles. The van der Waals surface area contributed by atoms with Gasteiger partial charge in [-0.2, -0.15) is 0 Å². The summed E-state index contributed by atoms with van der Waals surface area (Å²) in [6.45, 7) is 0. The zero-order chi connectivity index (χ0) is 14.1. The topological polar surface area (TPSA) is 46.4 Å². The van der Waals surface area contributed by atoms with Crippen LogP contribution < -0.4 is 5.32 Å². The van der Waals surface area contributed by atoms with Crippen molar-refractivity contribution in [1.29, 1.82) is 0 Å². The molecule has 3 aromatic rings. The Balaban J connectivity index is 1.99. The van der Waals surface area contributed by atoms with Crippen molar-refractivity contribution in [2.45, 2.75) is 0 Å². The van der Waals surface area contributed by atoms with E-state index in [4.69, 9.17) is 11.6 Å². The van der Waals surface area contributed by atoms with Crippen molar-refractivity contribution in [3.63, 3.8) is 0 Å². The van der Waals surface area contributed by atoms with Gasteiger partial charge in [0.25, 0.3) is 5.91 Å². The van der Waals surface area contributed by atoms with Gasteiger partial charge in [-0.3, -0.25) is 9.20 Å². The van der Waals surface area contributed by atoms with Crippen LogP contribution in [0.2, 0.25) is 5.02 Å². The van der Waals surface area contributed by atoms with Crippen LogP contribution in [-0.2, 0) is 0 Å². The van der Waals surface area contributed by atoms with Crippen LogP contribution in [0.15, 0.2) is 48.8 Å². The average Bonchev–Trinajstić information content (AvgIpc) is 2.83. The molecule has 20 heavy (non-hydrogen) atoms. The molecule has 2 heterocycles. The normalized spacial score (nSPS) is 10.7. The van der Waals surface area contributed by atoms with Crippen molar-refractivity contribution >= 4 is 51.4 Å². The summed E-state index contributed by atoms with van der Waals surface area (Å²) in [5.41, 5.74) is 1.72. The number of nitrogens with zero attached hydrogens (tertiary/aromatic N) is 2. The largest absolute Gasteiger partial charge is 0.321 e. The van der Waals surface area contributed by atoms with E-state index in [2.05, 4.69) is 32.9 Å². The van der Waals surface area contributed by atoms with Crippen molar-refractivity contribution in [2.24, 2.45) is 0 Å². The lowest BCUT2D eigenvalue weighted by atomic mass is 10.2. The van der Waals surface area contributed by atoms with Gasteiger partial charge in [0.05, 0.1) is 22.5 Å². The lowest BCUT2D eigenvalue weighted by Gasteiger charge is -2.07. The van der Waals surface area contributed by atoms with E-state index in [1.54, 1.807) is 24.4 Å². The van der Waals surface area contributed by atoms with E-state index in [9.17, 15) is 4.79 Å². The molecule has 3 rings (SSSR count). The van der Waals surface area contributed by atoms with E-state index < -0.39 is 0 Å². The van der Waals surface area contributed by atoms with Crippen LogP contribution >= 0.6 is 34.2 Å². The third-order valence-corrected chi connectivity index (χ3v) is 3.99. The highest BCUT2D eigenvalue weighted by molar-refractivity contribution is 14.1. The van der Waals surface area contributed by atoms with Crippen LogP contribution in [0.5, 0.6) is 0 Å². The number of nitrogens with one attached hydrogen (secondary N) is 1. The highest BCUT2D eigenvalue weighted by Gasteiger charge is 2.14. The molecule has 1 N–H and O–H groups in total. The maximum Gasteiger partial charge on any atom is 0.259 e. The molecule has 0 fully saturated rings. The second kappa shape index (κ2) is 5.41. The summed E-state index contributed by atoms with van der Waals surface area (Å²) < 4.78 is 2.81. The first-order valence-corrected chi connectivity index (χ1v) is 7.30. The van der Waals surface area contributed by atoms with Gasteiger partial charge in [0.15, 0.2) is 0 Å². The number of aromatic nitrogens is 2. The maximum absolute atomic E-state index is 12.4. The Labute approximate surface area is 133 Å². The molecule has 0 radical (unpaired) electrons. The smallest absolute Gasteiger partial charge is 0.259 e. The molecular formula is C14H9ClIN3O. The zero-order valence-electron chi connectivity index (χ0n) is 10.2. The first-order valence-electron chi connectivity index (χ1n) is 5.84. The highest BCUT2D eigenvalue weighted by Crippen LogP contribution is 2.22. The maximum atomic E-state index is 12.4. The van der Waals surface area contributed by atoms with Crippen LogP contribution in [0, 0.1) is 3.70 Å². The predicted molar refractivity (Wildman–Crippen MR) is 87.3 cm³/mol. The van der Waals surface area contributed by atoms with Gasteiger partial charge >= 0.3 is 0 Å². The van der Waals surface area contributed by atoms with E-state index in [1.807, 2.05) is 28.8 Å². The minimum atomic E-state index is -0.231. The van der Waals surface area contributed by atoms with E-state index in [0.717, 1.165) is 3.70 Å². The molecule has 0 aliphatic rings. The van der Waals surface area contributed by atoms with Gasteiger partial charge in [0, 0.05) is 6.20 Å². The fraction of sp³-hybridized carbons (Fsp3) is 0. The summed E-state index contributed by atoms with van der Waals surface area (Å²) in [6.07, 6.45) is 3.60. The molecule has 0 spiro atoms. The number of carbonyl (C=O) groups is 1. The lowest BCUT2D eigenvalue weighted by molar-refractivity contribution is 0.102. The number of hydrogen-bond donors (Lipinski definition) is 1. The number of amides is 1. The number of hydrogen-bond acceptors (Lipinski definition) is 2. The van der Waals surface area contributed by atoms with Crippen LogP contribution in [0.25, 0.3) is 5.65 Å². The van der Waals surface area contributed by atoms with Gasteiger partial charge in [-0.1, -0.05) is 23.7 Å². The Morgan fingerprint density at radius 2 is 2.05 bits per heavy atom. The summed E-state index contributed by atoms with van der Waals surface area (Å²) in [5.74, 6) is -0.231. The Morgan fingerprint density at radius 1 is 1.25 bits per heavy atom. The first-order chi connectivity index (χ1) is 9.66. The lowest BCUT2D eigenvalue weighted by Crippen LogP contribution is -2.13. The minimum absolute atomic E-state index is 0.231. The number of anilines is 1. The molecule has 0 unspecified atom stereocenters. The summed E-state index contributed by atoms with van der Waals surface area (Å²) in [7, 11) is 0. The Hall–Kier alpha value is -1.60. The third kappa shape index (κ3) is 2.38. The fourth-order valence-corrected chi connectivity index (χ4v) is 2.62. The van der Waals surface area contributed by atoms with Crippen molar-refractivity contribution < 1.29 is 4.79 Å². The molecular weight excluding hydrogens is 389 g/mol. The molecule has 0 atom stereocenters. The Morgan fingerprint density at radius 3 is 2.85 bits per heavy atom. The quantitative estimate of drug-likeness (QED) is 0.668. The van der Waals surface area contributed by atoms with Crippen LogP contribution in [-0.4, -0.2) is 15.3 Å². The van der Waals surface area contributed by atoms with Crippen molar-refractivity contribution in [3.8, 4) is 0 Å². The second-order valence-corrected chi connectivity index (χ2v) is 5.64. The number of carbonyl (C=O) groups excluding carboxylic acids is 1. The van der Waals surface area contributed by atoms with Crippen LogP contribution in [0.4, 0.5) is 5.69 Å². The molecule has 1 aromatic carbocycles. The van der Waals surface area contributed by atoms with Crippen LogP contribution in [0.1, 0.15) is 10.4 Å². The Bertz CT molecular complexity index is 800. The molecule has 0 saturated heterocycles. The van der Waals surface area contributed by atoms with Gasteiger partial charge < -0.3 is 5.32 Å². The van der Waals surface area contributed by atoms with Crippen molar-refractivity contribution in [3.05, 3.63) is 63.1 Å². The van der Waals surface area contributed by atoms with Crippen molar-refractivity contribution in [2.75, 3.05) is 5.32 Å². The number of halogens is 2. The van der Waals surface area contributed by atoms with E-state index >= 15 is 0 Å². The molecule has 0 bridgehead atoms. The Kier molecular flexibility index (Phi) is 3.62. The number of rotatable bonds is 2. The standard InChI is InChI=1S/C14H9ClIN3O/c15-10-5-1-2-6-11(10)18-14(20)9-4-3-7-19-12(16)8-17-13(9)19/h1-8H,(H,18,20). The number of fused-ring (bicyclic) bond motifs is 1. The monoisotopic (exact) mass is 397 g/mol. The molecule has 1 amide bonds. The van der Waals surface area contributed by atoms with Gasteiger partial charge in [-0.25, -0.2) is 4.98 Å². The second-order valence-electron chi connectivity index (χ2n) is 4.13. The van der Waals surface area contributed by atoms with E-state index in [0.29, 0.717) is 21.9 Å². The molecule has 4 nitrogen and oxygen atoms in total. The van der Waals surface area contributed by atoms with Gasteiger partial charge in [0.1, 0.15) is 9.35 Å². The zero-order valence-corrected chi connectivity index (χ0v) is 13.1. The molecule has 0 aliphatic heterocycles. The third-order valence-electron chi connectivity index (χ3n) is 2.86. The summed E-state index contributed by atoms with van der Waals surface area (Å²) >= 11 is 8.21. The molecule has 0 saturated carbocycles. The van der Waals surface area contributed by atoms with E-state index in [1.165, 1.54) is 0 Å². The van der Waals surface area contributed by atoms with Gasteiger partial charge in [-0.05, 0) is 46.9 Å². The molecule has 100 valence electrons. The molecule has 6 heteroatoms. The minimum Gasteiger partial charge on any atom is -0.321 e. The summed E-state index contributed by atoms with van der Waals surface area (Å²) in [6, 6.07) is 10.7. The summed E-state index contributed by atoms with van der Waals surface area (Å²) in [4.78, 5) is 16.6. The van der Waals surface area contributed by atoms with Crippen molar-refractivity contribution in [1.82, 2.24) is 9.38 Å². The fourth-order valence-electron chi connectivity index (χ4n) is 1.91.